The highest BCUT2D eigenvalue weighted by molar-refractivity contribution is 5.95. The number of H-pyrrole nitrogens is 1. The van der Waals surface area contributed by atoms with Gasteiger partial charge < -0.3 is 10.7 Å². The smallest absolute Gasteiger partial charge is 0.139 e. The molecule has 0 saturated carbocycles. The first-order valence-corrected chi connectivity index (χ1v) is 7.65. The minimum absolute atomic E-state index is 0.334. The van der Waals surface area contributed by atoms with E-state index in [-0.39, 0.29) is 0 Å². The number of hydrogen-bond acceptors (Lipinski definition) is 3. The third-order valence-corrected chi connectivity index (χ3v) is 4.31. The van der Waals surface area contributed by atoms with Gasteiger partial charge in [0, 0.05) is 29.4 Å². The van der Waals surface area contributed by atoms with Gasteiger partial charge in [0.05, 0.1) is 0 Å². The van der Waals surface area contributed by atoms with Crippen molar-refractivity contribution in [3.8, 4) is 0 Å². The first-order valence-electron chi connectivity index (χ1n) is 7.65. The van der Waals surface area contributed by atoms with Crippen molar-refractivity contribution in [2.45, 2.75) is 39.0 Å². The standard InChI is InChI=1S/C17H22N4/c1-3-4-5-12-8-9-19-11(2)16(12)14-10-20-17-13(14)6-7-15(18)21-17/h6-10,12,16H,3-5H2,1-2H3,(H3,18,20,21). The Morgan fingerprint density at radius 3 is 3.00 bits per heavy atom. The van der Waals surface area contributed by atoms with Gasteiger partial charge in [-0.1, -0.05) is 25.8 Å². The fraction of sp³-hybridized carbons (Fsp3) is 0.412. The first-order chi connectivity index (χ1) is 10.2. The molecule has 21 heavy (non-hydrogen) atoms. The summed E-state index contributed by atoms with van der Waals surface area (Å²) in [7, 11) is 0. The number of nitrogens with two attached hydrogens (primary N) is 1. The number of aromatic amines is 1. The molecule has 4 nitrogen and oxygen atoms in total. The van der Waals surface area contributed by atoms with Gasteiger partial charge in [-0.2, -0.15) is 0 Å². The molecule has 2 atom stereocenters. The molecule has 2 unspecified atom stereocenters. The number of unbranched alkanes of at least 4 members (excludes halogenated alkanes) is 1. The lowest BCUT2D eigenvalue weighted by Gasteiger charge is -2.27. The Labute approximate surface area is 125 Å². The van der Waals surface area contributed by atoms with Gasteiger partial charge in [-0.3, -0.25) is 4.99 Å². The normalized spacial score (nSPS) is 21.7. The van der Waals surface area contributed by atoms with Crippen LogP contribution in [0.4, 0.5) is 5.82 Å². The zero-order chi connectivity index (χ0) is 14.8. The second kappa shape index (κ2) is 5.72. The van der Waals surface area contributed by atoms with Crippen LogP contribution in [0, 0.1) is 5.92 Å². The van der Waals surface area contributed by atoms with Crippen molar-refractivity contribution >= 4 is 22.6 Å². The van der Waals surface area contributed by atoms with Crippen LogP contribution < -0.4 is 5.73 Å². The molecule has 0 aliphatic carbocycles. The van der Waals surface area contributed by atoms with Crippen LogP contribution in [-0.2, 0) is 0 Å². The molecule has 0 bridgehead atoms. The summed E-state index contributed by atoms with van der Waals surface area (Å²) in [4.78, 5) is 12.1. The Morgan fingerprint density at radius 2 is 2.19 bits per heavy atom. The topological polar surface area (TPSA) is 67.1 Å². The molecule has 0 amide bonds. The van der Waals surface area contributed by atoms with E-state index in [4.69, 9.17) is 5.73 Å². The fourth-order valence-corrected chi connectivity index (χ4v) is 3.23. The van der Waals surface area contributed by atoms with Crippen LogP contribution >= 0.6 is 0 Å². The zero-order valence-electron chi connectivity index (χ0n) is 12.6. The Bertz CT molecular complexity index is 696. The Hall–Kier alpha value is -2.10. The number of fused-ring (bicyclic) bond motifs is 1. The predicted molar refractivity (Wildman–Crippen MR) is 88.5 cm³/mol. The van der Waals surface area contributed by atoms with E-state index in [1.165, 1.54) is 30.5 Å². The highest BCUT2D eigenvalue weighted by atomic mass is 14.9. The highest BCUT2D eigenvalue weighted by Crippen LogP contribution is 2.37. The molecular weight excluding hydrogens is 260 g/mol. The lowest BCUT2D eigenvalue weighted by Crippen LogP contribution is -2.20. The monoisotopic (exact) mass is 282 g/mol. The second-order valence-corrected chi connectivity index (χ2v) is 5.77. The summed E-state index contributed by atoms with van der Waals surface area (Å²) in [6.07, 6.45) is 9.93. The third-order valence-electron chi connectivity index (χ3n) is 4.31. The molecule has 4 heteroatoms. The Kier molecular flexibility index (Phi) is 3.78. The molecule has 2 aromatic heterocycles. The molecule has 0 spiro atoms. The van der Waals surface area contributed by atoms with Crippen LogP contribution in [0.3, 0.4) is 0 Å². The van der Waals surface area contributed by atoms with Gasteiger partial charge in [0.1, 0.15) is 11.5 Å². The third kappa shape index (κ3) is 2.58. The minimum atomic E-state index is 0.334. The Morgan fingerprint density at radius 1 is 1.33 bits per heavy atom. The summed E-state index contributed by atoms with van der Waals surface area (Å²) in [5.74, 6) is 1.40. The van der Waals surface area contributed by atoms with Crippen LogP contribution in [0.5, 0.6) is 0 Å². The maximum Gasteiger partial charge on any atom is 0.139 e. The molecule has 3 heterocycles. The van der Waals surface area contributed by atoms with Crippen molar-refractivity contribution in [1.29, 1.82) is 0 Å². The average Bonchev–Trinajstić information content (AvgIpc) is 2.87. The number of rotatable bonds is 4. The van der Waals surface area contributed by atoms with Crippen molar-refractivity contribution < 1.29 is 0 Å². The van der Waals surface area contributed by atoms with Crippen molar-refractivity contribution in [1.82, 2.24) is 9.97 Å². The van der Waals surface area contributed by atoms with Crippen LogP contribution in [0.2, 0.25) is 0 Å². The van der Waals surface area contributed by atoms with Gasteiger partial charge in [0.2, 0.25) is 0 Å². The number of aliphatic imine (C=N–C) groups is 1. The first kappa shape index (κ1) is 13.9. The molecule has 0 aromatic carbocycles. The van der Waals surface area contributed by atoms with E-state index in [2.05, 4.69) is 47.1 Å². The molecular formula is C17H22N4. The maximum atomic E-state index is 5.77. The molecule has 0 radical (unpaired) electrons. The van der Waals surface area contributed by atoms with Crippen molar-refractivity contribution in [2.75, 3.05) is 5.73 Å². The molecule has 2 aromatic rings. The predicted octanol–water partition coefficient (Wildman–Crippen LogP) is 4.02. The molecule has 110 valence electrons. The van der Waals surface area contributed by atoms with E-state index in [9.17, 15) is 0 Å². The number of allylic oxidation sites excluding steroid dienone is 1. The van der Waals surface area contributed by atoms with Crippen molar-refractivity contribution in [3.05, 3.63) is 36.2 Å². The van der Waals surface area contributed by atoms with Crippen molar-refractivity contribution in [2.24, 2.45) is 10.9 Å². The summed E-state index contributed by atoms with van der Waals surface area (Å²) >= 11 is 0. The number of aromatic nitrogens is 2. The molecule has 0 saturated heterocycles. The van der Waals surface area contributed by atoms with Crippen LogP contribution in [-0.4, -0.2) is 15.7 Å². The highest BCUT2D eigenvalue weighted by Gasteiger charge is 2.28. The number of nitrogens with one attached hydrogen (secondary N) is 1. The quantitative estimate of drug-likeness (QED) is 0.889. The minimum Gasteiger partial charge on any atom is -0.384 e. The molecule has 3 rings (SSSR count). The number of hydrogen-bond donors (Lipinski definition) is 2. The lowest BCUT2D eigenvalue weighted by molar-refractivity contribution is 0.521. The van der Waals surface area contributed by atoms with E-state index >= 15 is 0 Å². The van der Waals surface area contributed by atoms with Gasteiger partial charge in [0.25, 0.3) is 0 Å². The van der Waals surface area contributed by atoms with Gasteiger partial charge >= 0.3 is 0 Å². The van der Waals surface area contributed by atoms with Crippen molar-refractivity contribution in [3.63, 3.8) is 0 Å². The zero-order valence-corrected chi connectivity index (χ0v) is 12.6. The van der Waals surface area contributed by atoms with E-state index < -0.39 is 0 Å². The largest absolute Gasteiger partial charge is 0.384 e. The van der Waals surface area contributed by atoms with Crippen LogP contribution in [0.25, 0.3) is 11.0 Å². The summed E-state index contributed by atoms with van der Waals surface area (Å²) in [6.45, 7) is 4.36. The fourth-order valence-electron chi connectivity index (χ4n) is 3.23. The summed E-state index contributed by atoms with van der Waals surface area (Å²) < 4.78 is 0. The van der Waals surface area contributed by atoms with E-state index in [0.29, 0.717) is 17.7 Å². The molecule has 0 fully saturated rings. The number of anilines is 1. The Balaban J connectivity index is 2.01. The van der Waals surface area contributed by atoms with Gasteiger partial charge in [-0.25, -0.2) is 4.98 Å². The van der Waals surface area contributed by atoms with Crippen LogP contribution in [0.1, 0.15) is 44.6 Å². The maximum absolute atomic E-state index is 5.77. The van der Waals surface area contributed by atoms with E-state index in [1.54, 1.807) is 0 Å². The molecule has 3 N–H and O–H groups in total. The van der Waals surface area contributed by atoms with Gasteiger partial charge in [0.15, 0.2) is 0 Å². The molecule has 1 aliphatic heterocycles. The van der Waals surface area contributed by atoms with E-state index in [0.717, 1.165) is 11.0 Å². The summed E-state index contributed by atoms with van der Waals surface area (Å²) in [5, 5.41) is 1.15. The SMILES string of the molecule is CCCCC1C=CN=C(C)C1c1c[nH]c2nc(N)ccc12. The molecule has 1 aliphatic rings. The van der Waals surface area contributed by atoms with Crippen LogP contribution in [0.15, 0.2) is 35.6 Å². The van der Waals surface area contributed by atoms with Gasteiger partial charge in [-0.05, 0) is 37.0 Å². The summed E-state index contributed by atoms with van der Waals surface area (Å²) in [5.41, 5.74) is 9.09. The van der Waals surface area contributed by atoms with E-state index in [1.807, 2.05) is 12.3 Å². The number of nitrogen functional groups attached to an aromatic ring is 1. The second-order valence-electron chi connectivity index (χ2n) is 5.77. The van der Waals surface area contributed by atoms with Gasteiger partial charge in [-0.15, -0.1) is 0 Å². The number of pyridine rings is 1. The number of nitrogens with zero attached hydrogens (tertiary/aromatic N) is 2. The summed E-state index contributed by atoms with van der Waals surface area (Å²) in [6, 6.07) is 3.93. The average molecular weight is 282 g/mol. The lowest BCUT2D eigenvalue weighted by atomic mass is 9.79.